The van der Waals surface area contributed by atoms with E-state index < -0.39 is 0 Å². The van der Waals surface area contributed by atoms with Gasteiger partial charge in [0.05, 0.1) is 28.7 Å². The lowest BCUT2D eigenvalue weighted by atomic mass is 10.1. The second kappa shape index (κ2) is 8.75. The molecule has 0 saturated carbocycles. The van der Waals surface area contributed by atoms with Gasteiger partial charge in [-0.1, -0.05) is 11.6 Å². The van der Waals surface area contributed by atoms with E-state index in [-0.39, 0.29) is 10.5 Å². The molecule has 0 spiro atoms. The van der Waals surface area contributed by atoms with Crippen molar-refractivity contribution in [3.8, 4) is 4.90 Å². The quantitative estimate of drug-likeness (QED) is 0.101. The van der Waals surface area contributed by atoms with Crippen LogP contribution in [-0.2, 0) is 0 Å². The van der Waals surface area contributed by atoms with Crippen LogP contribution in [0.15, 0.2) is 60.0 Å². The maximum absolute atomic E-state index is 6.17. The molecule has 0 N–H and O–H groups in total. The first kappa shape index (κ1) is 23.2. The van der Waals surface area contributed by atoms with Gasteiger partial charge in [0.1, 0.15) is 0 Å². The van der Waals surface area contributed by atoms with E-state index in [4.69, 9.17) is 11.6 Å². The first-order chi connectivity index (χ1) is 13.2. The minimum Gasteiger partial charge on any atom is -0.0843 e. The summed E-state index contributed by atoms with van der Waals surface area (Å²) in [5.41, 5.74) is 0. The maximum atomic E-state index is 6.17. The number of halogens is 9. The zero-order valence-corrected chi connectivity index (χ0v) is 27.4. The molecule has 144 valence electrons. The third-order valence-corrected chi connectivity index (χ3v) is 16.8. The summed E-state index contributed by atoms with van der Waals surface area (Å²) in [6.07, 6.45) is 0. The van der Waals surface area contributed by atoms with E-state index in [2.05, 4.69) is 140 Å². The topological polar surface area (TPSA) is 0 Å². The minimum atomic E-state index is -0.344. The molecule has 4 rings (SSSR count). The zero-order chi connectivity index (χ0) is 20.5. The summed E-state index contributed by atoms with van der Waals surface area (Å²) in [4.78, 5) is 1.19. The second-order valence-corrected chi connectivity index (χ2v) is 14.4. The van der Waals surface area contributed by atoms with Gasteiger partial charge >= 0.3 is 0 Å². The first-order valence-electron chi connectivity index (χ1n) is 7.38. The normalized spacial score (nSPS) is 11.8. The van der Waals surface area contributed by atoms with Crippen molar-refractivity contribution in [2.75, 3.05) is 0 Å². The van der Waals surface area contributed by atoms with Crippen molar-refractivity contribution in [2.45, 2.75) is 0 Å². The van der Waals surface area contributed by atoms with Crippen LogP contribution in [0.3, 0.4) is 0 Å². The number of rotatable bonds is 1. The summed E-state index contributed by atoms with van der Waals surface area (Å²) < 4.78 is 10.4. The molecule has 0 atom stereocenters. The Bertz CT molecular complexity index is 1220. The number of hydrogen-bond donors (Lipinski definition) is 0. The number of benzene rings is 3. The molecule has 1 aromatic heterocycles. The number of hydrogen-bond acceptors (Lipinski definition) is 0. The molecule has 0 amide bonds. The molecule has 28 heavy (non-hydrogen) atoms. The molecule has 0 saturated heterocycles. The fourth-order valence-corrected chi connectivity index (χ4v) is 11.7. The van der Waals surface area contributed by atoms with Crippen molar-refractivity contribution in [1.29, 1.82) is 0 Å². The van der Waals surface area contributed by atoms with E-state index >= 15 is 0 Å². The van der Waals surface area contributed by atoms with Crippen LogP contribution in [0, 0.1) is 0 Å². The molecule has 1 heterocycles. The van der Waals surface area contributed by atoms with Gasteiger partial charge in [-0.2, -0.15) is 0 Å². The SMILES string of the molecule is Clc1ccc(-[s+]2c3c(Br)c(Br)c(Br)c(Br)c3c3c(Br)c(Br)c(Br)c(Br)c32)cc1. The minimum absolute atomic E-state index is 0.344. The standard InChI is InChI=1S/C18H4Br8ClS/c19-9-7-8-10(20)12(22)14(24)16(26)18(8)28(6-3-1-5(27)2-4-6)17(7)15(25)13(23)11(9)21/h1-4H/q+1. The van der Waals surface area contributed by atoms with E-state index in [1.807, 2.05) is 12.1 Å². The van der Waals surface area contributed by atoms with Gasteiger partial charge in [-0.15, -0.1) is 0 Å². The van der Waals surface area contributed by atoms with Gasteiger partial charge in [-0.05, 0) is 152 Å². The van der Waals surface area contributed by atoms with Crippen molar-refractivity contribution in [2.24, 2.45) is 0 Å². The van der Waals surface area contributed by atoms with Gasteiger partial charge in [0.25, 0.3) is 0 Å². The summed E-state index contributed by atoms with van der Waals surface area (Å²) in [6, 6.07) is 8.07. The summed E-state index contributed by atoms with van der Waals surface area (Å²) >= 11 is 36.4. The van der Waals surface area contributed by atoms with Crippen LogP contribution in [0.5, 0.6) is 0 Å². The van der Waals surface area contributed by atoms with Gasteiger partial charge in [0.2, 0.25) is 9.40 Å². The van der Waals surface area contributed by atoms with Crippen LogP contribution >= 0.6 is 150 Å². The van der Waals surface area contributed by atoms with E-state index in [0.717, 1.165) is 51.6 Å². The van der Waals surface area contributed by atoms with Crippen LogP contribution in [0.25, 0.3) is 25.1 Å². The zero-order valence-electron chi connectivity index (χ0n) is 13.1. The van der Waals surface area contributed by atoms with Gasteiger partial charge in [0, 0.05) is 33.4 Å². The van der Waals surface area contributed by atoms with Crippen molar-refractivity contribution in [3.05, 3.63) is 65.1 Å². The Kier molecular flexibility index (Phi) is 7.24. The molecule has 0 aliphatic rings. The molecular weight excluding hydrogens is 923 g/mol. The van der Waals surface area contributed by atoms with Crippen LogP contribution in [-0.4, -0.2) is 0 Å². The van der Waals surface area contributed by atoms with E-state index in [0.29, 0.717) is 0 Å². The molecule has 0 radical (unpaired) electrons. The molecular formula is C18H4Br8ClS+. The molecule has 0 aliphatic heterocycles. The molecule has 10 heteroatoms. The summed E-state index contributed by atoms with van der Waals surface area (Å²) in [5, 5.41) is 3.02. The Morgan fingerprint density at radius 1 is 0.500 bits per heavy atom. The Morgan fingerprint density at radius 3 is 1.25 bits per heavy atom. The highest BCUT2D eigenvalue weighted by Crippen LogP contribution is 2.61. The fraction of sp³-hybridized carbons (Fsp3) is 0. The van der Waals surface area contributed by atoms with Crippen molar-refractivity contribution >= 4 is 170 Å². The summed E-state index contributed by atoms with van der Waals surface area (Å²) in [7, 11) is -0.344. The van der Waals surface area contributed by atoms with Gasteiger partial charge < -0.3 is 0 Å². The third-order valence-electron chi connectivity index (χ3n) is 4.16. The smallest absolute Gasteiger partial charge is 0.0843 e. The Hall–Kier alpha value is 2.01. The average Bonchev–Trinajstić information content (AvgIpc) is 3.04. The van der Waals surface area contributed by atoms with Crippen molar-refractivity contribution in [1.82, 2.24) is 0 Å². The second-order valence-electron chi connectivity index (χ2n) is 5.68. The Morgan fingerprint density at radius 2 is 0.857 bits per heavy atom. The van der Waals surface area contributed by atoms with E-state index in [1.165, 1.54) is 14.3 Å². The van der Waals surface area contributed by atoms with Crippen LogP contribution < -0.4 is 0 Å². The van der Waals surface area contributed by atoms with Crippen molar-refractivity contribution < 1.29 is 0 Å². The number of fused-ring (bicyclic) bond motifs is 3. The fourth-order valence-electron chi connectivity index (χ4n) is 2.96. The molecule has 4 aromatic rings. The van der Waals surface area contributed by atoms with Gasteiger partial charge in [0.15, 0.2) is 4.90 Å². The van der Waals surface area contributed by atoms with E-state index in [1.54, 1.807) is 0 Å². The van der Waals surface area contributed by atoms with Crippen LogP contribution in [0.2, 0.25) is 5.02 Å². The lowest BCUT2D eigenvalue weighted by Gasteiger charge is -2.05. The largest absolute Gasteiger partial charge is 0.204 e. The molecule has 0 unspecified atom stereocenters. The molecule has 0 nitrogen and oxygen atoms in total. The lowest BCUT2D eigenvalue weighted by molar-refractivity contribution is 1.58. The highest BCUT2D eigenvalue weighted by molar-refractivity contribution is 9.16. The Labute approximate surface area is 236 Å². The third kappa shape index (κ3) is 3.54. The average molecular weight is 927 g/mol. The van der Waals surface area contributed by atoms with Crippen LogP contribution in [0.4, 0.5) is 0 Å². The predicted molar refractivity (Wildman–Crippen MR) is 152 cm³/mol. The Balaban J connectivity index is 2.41. The highest BCUT2D eigenvalue weighted by atomic mass is 79.9. The van der Waals surface area contributed by atoms with Crippen molar-refractivity contribution in [3.63, 3.8) is 0 Å². The first-order valence-corrected chi connectivity index (χ1v) is 15.3. The molecule has 0 aliphatic carbocycles. The molecule has 0 bridgehead atoms. The maximum Gasteiger partial charge on any atom is 0.204 e. The predicted octanol–water partition coefficient (Wildman–Crippen LogP) is 12.5. The van der Waals surface area contributed by atoms with Gasteiger partial charge in [-0.25, -0.2) is 0 Å². The van der Waals surface area contributed by atoms with E-state index in [9.17, 15) is 0 Å². The monoisotopic (exact) mass is 918 g/mol. The lowest BCUT2D eigenvalue weighted by Crippen LogP contribution is -1.81. The van der Waals surface area contributed by atoms with Crippen LogP contribution in [0.1, 0.15) is 0 Å². The molecule has 3 aromatic carbocycles. The van der Waals surface area contributed by atoms with Gasteiger partial charge in [-0.3, -0.25) is 0 Å². The summed E-state index contributed by atoms with van der Waals surface area (Å²) in [6.45, 7) is 0. The molecule has 0 fully saturated rings. The highest BCUT2D eigenvalue weighted by Gasteiger charge is 2.35. The number of thiophene rings is 1. The summed E-state index contributed by atoms with van der Waals surface area (Å²) in [5.74, 6) is 0.